The van der Waals surface area contributed by atoms with E-state index in [9.17, 15) is 0 Å². The quantitative estimate of drug-likeness (QED) is 0.292. The van der Waals surface area contributed by atoms with Crippen molar-refractivity contribution in [2.24, 2.45) is 10.4 Å². The topological polar surface area (TPSA) is 62.5 Å². The second kappa shape index (κ2) is 10.4. The fraction of sp³-hybridized carbons (Fsp3) is 0.474. The van der Waals surface area contributed by atoms with Crippen LogP contribution < -0.4 is 10.6 Å². The largest absolute Gasteiger partial charge is 0.444 e. The van der Waals surface area contributed by atoms with Crippen molar-refractivity contribution in [3.8, 4) is 11.5 Å². The maximum atomic E-state index is 5.54. The number of benzene rings is 1. The predicted octanol–water partition coefficient (Wildman–Crippen LogP) is 4.45. The number of rotatable bonds is 6. The van der Waals surface area contributed by atoms with Gasteiger partial charge in [0.2, 0.25) is 5.89 Å². The highest BCUT2D eigenvalue weighted by Gasteiger charge is 2.10. The molecule has 0 atom stereocenters. The lowest BCUT2D eigenvalue weighted by atomic mass is 9.91. The van der Waals surface area contributed by atoms with Crippen LogP contribution >= 0.6 is 24.0 Å². The van der Waals surface area contributed by atoms with Crippen molar-refractivity contribution >= 4 is 29.9 Å². The Bertz CT molecular complexity index is 647. The number of aromatic nitrogens is 1. The highest BCUT2D eigenvalue weighted by atomic mass is 127. The summed E-state index contributed by atoms with van der Waals surface area (Å²) in [4.78, 5) is 8.74. The molecule has 6 heteroatoms. The minimum absolute atomic E-state index is 0. The molecule has 0 spiro atoms. The number of aliphatic imine (C=N–C) groups is 1. The third-order valence-corrected chi connectivity index (χ3v) is 3.63. The van der Waals surface area contributed by atoms with E-state index < -0.39 is 0 Å². The van der Waals surface area contributed by atoms with Gasteiger partial charge in [-0.15, -0.1) is 24.0 Å². The number of halogens is 1. The van der Waals surface area contributed by atoms with Crippen molar-refractivity contribution in [1.29, 1.82) is 0 Å². The van der Waals surface area contributed by atoms with Crippen molar-refractivity contribution in [3.63, 3.8) is 0 Å². The summed E-state index contributed by atoms with van der Waals surface area (Å²) in [6.07, 6.45) is 3.98. The Labute approximate surface area is 167 Å². The van der Waals surface area contributed by atoms with E-state index in [2.05, 4.69) is 41.4 Å². The van der Waals surface area contributed by atoms with Crippen LogP contribution in [-0.4, -0.2) is 24.5 Å². The van der Waals surface area contributed by atoms with Gasteiger partial charge >= 0.3 is 0 Å². The summed E-state index contributed by atoms with van der Waals surface area (Å²) in [5, 5.41) is 6.60. The maximum Gasteiger partial charge on any atom is 0.226 e. The Balaban J connectivity index is 0.00000312. The number of oxazole rings is 1. The lowest BCUT2D eigenvalue weighted by Crippen LogP contribution is -2.37. The molecule has 2 aromatic rings. The lowest BCUT2D eigenvalue weighted by Gasteiger charge is -2.18. The normalized spacial score (nSPS) is 11.8. The van der Waals surface area contributed by atoms with E-state index in [0.29, 0.717) is 17.9 Å². The molecule has 25 heavy (non-hydrogen) atoms. The first-order valence-corrected chi connectivity index (χ1v) is 8.42. The number of nitrogens with one attached hydrogen (secondary N) is 2. The molecule has 0 aliphatic rings. The molecule has 0 saturated carbocycles. The molecule has 2 N–H and O–H groups in total. The molecule has 1 heterocycles. The van der Waals surface area contributed by atoms with Crippen LogP contribution in [0.4, 0.5) is 0 Å². The zero-order valence-electron chi connectivity index (χ0n) is 15.5. The van der Waals surface area contributed by atoms with Crippen molar-refractivity contribution < 1.29 is 4.42 Å². The fourth-order valence-electron chi connectivity index (χ4n) is 2.32. The zero-order valence-corrected chi connectivity index (χ0v) is 17.8. The molecule has 0 bridgehead atoms. The number of guanidine groups is 1. The monoisotopic (exact) mass is 456 g/mol. The summed E-state index contributed by atoms with van der Waals surface area (Å²) >= 11 is 0. The van der Waals surface area contributed by atoms with Crippen LogP contribution in [0.2, 0.25) is 0 Å². The first-order chi connectivity index (χ1) is 11.5. The van der Waals surface area contributed by atoms with Gasteiger partial charge in [-0.05, 0) is 30.4 Å². The highest BCUT2D eigenvalue weighted by molar-refractivity contribution is 14.0. The third-order valence-electron chi connectivity index (χ3n) is 3.63. The SMILES string of the molecule is CN=C(NCCCC(C)(C)C)NCc1coc(-c2ccccc2)n1.I. The van der Waals surface area contributed by atoms with Gasteiger partial charge in [0.05, 0.1) is 12.2 Å². The summed E-state index contributed by atoms with van der Waals surface area (Å²) < 4.78 is 5.54. The Kier molecular flexibility index (Phi) is 8.96. The third kappa shape index (κ3) is 7.90. The fourth-order valence-corrected chi connectivity index (χ4v) is 2.32. The van der Waals surface area contributed by atoms with E-state index in [1.165, 1.54) is 6.42 Å². The van der Waals surface area contributed by atoms with Crippen LogP contribution in [0.15, 0.2) is 46.0 Å². The second-order valence-corrected chi connectivity index (χ2v) is 7.03. The van der Waals surface area contributed by atoms with Gasteiger partial charge in [-0.2, -0.15) is 0 Å². The van der Waals surface area contributed by atoms with E-state index in [1.807, 2.05) is 30.3 Å². The number of nitrogens with zero attached hydrogens (tertiary/aromatic N) is 2. The molecule has 0 aliphatic carbocycles. The predicted molar refractivity (Wildman–Crippen MR) is 114 cm³/mol. The van der Waals surface area contributed by atoms with E-state index in [1.54, 1.807) is 13.3 Å². The van der Waals surface area contributed by atoms with Crippen molar-refractivity contribution in [3.05, 3.63) is 42.3 Å². The van der Waals surface area contributed by atoms with Crippen molar-refractivity contribution in [2.45, 2.75) is 40.2 Å². The van der Waals surface area contributed by atoms with Gasteiger partial charge in [-0.25, -0.2) is 4.98 Å². The minimum atomic E-state index is 0. The summed E-state index contributed by atoms with van der Waals surface area (Å²) in [7, 11) is 1.78. The first-order valence-electron chi connectivity index (χ1n) is 8.42. The molecule has 138 valence electrons. The standard InChI is InChI=1S/C19H28N4O.HI/c1-19(2,3)11-8-12-21-18(20-4)22-13-16-14-24-17(23-16)15-9-6-5-7-10-15;/h5-7,9-10,14H,8,11-13H2,1-4H3,(H2,20,21,22);1H. The number of hydrogen-bond acceptors (Lipinski definition) is 3. The van der Waals surface area contributed by atoms with Gasteiger partial charge in [0.15, 0.2) is 5.96 Å². The Morgan fingerprint density at radius 2 is 1.88 bits per heavy atom. The average molecular weight is 456 g/mol. The van der Waals surface area contributed by atoms with Gasteiger partial charge in [0, 0.05) is 19.2 Å². The van der Waals surface area contributed by atoms with Gasteiger partial charge in [-0.3, -0.25) is 4.99 Å². The van der Waals surface area contributed by atoms with E-state index in [4.69, 9.17) is 4.42 Å². The molecule has 1 aromatic heterocycles. The van der Waals surface area contributed by atoms with Gasteiger partial charge < -0.3 is 15.1 Å². The van der Waals surface area contributed by atoms with Crippen molar-refractivity contribution in [2.75, 3.05) is 13.6 Å². The van der Waals surface area contributed by atoms with Gasteiger partial charge in [-0.1, -0.05) is 39.0 Å². The molecule has 0 saturated heterocycles. The van der Waals surface area contributed by atoms with Crippen LogP contribution in [-0.2, 0) is 6.54 Å². The van der Waals surface area contributed by atoms with Gasteiger partial charge in [0.1, 0.15) is 6.26 Å². The lowest BCUT2D eigenvalue weighted by molar-refractivity contribution is 0.365. The summed E-state index contributed by atoms with van der Waals surface area (Å²) in [5.41, 5.74) is 2.20. The molecule has 0 aliphatic heterocycles. The Morgan fingerprint density at radius 1 is 1.16 bits per heavy atom. The van der Waals surface area contributed by atoms with Crippen LogP contribution in [0.25, 0.3) is 11.5 Å². The average Bonchev–Trinajstić information content (AvgIpc) is 3.03. The summed E-state index contributed by atoms with van der Waals surface area (Å²) in [5.74, 6) is 1.42. The van der Waals surface area contributed by atoms with Crippen LogP contribution in [0, 0.1) is 5.41 Å². The molecule has 1 aromatic carbocycles. The van der Waals surface area contributed by atoms with E-state index >= 15 is 0 Å². The molecule has 5 nitrogen and oxygen atoms in total. The zero-order chi connectivity index (χ0) is 17.4. The minimum Gasteiger partial charge on any atom is -0.444 e. The molecular formula is C19H29IN4O. The molecule has 0 amide bonds. The maximum absolute atomic E-state index is 5.54. The first kappa shape index (κ1) is 21.5. The molecular weight excluding hydrogens is 427 g/mol. The smallest absolute Gasteiger partial charge is 0.226 e. The number of hydrogen-bond donors (Lipinski definition) is 2. The second-order valence-electron chi connectivity index (χ2n) is 7.03. The molecule has 0 radical (unpaired) electrons. The summed E-state index contributed by atoms with van der Waals surface area (Å²) in [6.45, 7) is 8.26. The molecule has 0 fully saturated rings. The van der Waals surface area contributed by atoms with E-state index in [-0.39, 0.29) is 24.0 Å². The van der Waals surface area contributed by atoms with Crippen LogP contribution in [0.3, 0.4) is 0 Å². The molecule has 2 rings (SSSR count). The van der Waals surface area contributed by atoms with Gasteiger partial charge in [0.25, 0.3) is 0 Å². The Hall–Kier alpha value is -1.57. The molecule has 0 unspecified atom stereocenters. The van der Waals surface area contributed by atoms with Crippen LogP contribution in [0.5, 0.6) is 0 Å². The van der Waals surface area contributed by atoms with Crippen molar-refractivity contribution in [1.82, 2.24) is 15.6 Å². The van der Waals surface area contributed by atoms with E-state index in [0.717, 1.165) is 30.2 Å². The van der Waals surface area contributed by atoms with Crippen LogP contribution in [0.1, 0.15) is 39.3 Å². The highest BCUT2D eigenvalue weighted by Crippen LogP contribution is 2.20. The summed E-state index contributed by atoms with van der Waals surface area (Å²) in [6, 6.07) is 9.89. The Morgan fingerprint density at radius 3 is 2.52 bits per heavy atom.